The Morgan fingerprint density at radius 1 is 0.931 bits per heavy atom. The zero-order valence-corrected chi connectivity index (χ0v) is 16.7. The second-order valence-electron chi connectivity index (χ2n) is 6.10. The SMILES string of the molecule is COC(=O)c1ccc(C)c(NC(=O)COC(=O)Cc2ccc(OC)c(OC)c2)c1. The fraction of sp³-hybridized carbons (Fsp3) is 0.286. The largest absolute Gasteiger partial charge is 0.493 e. The Morgan fingerprint density at radius 2 is 1.66 bits per heavy atom. The van der Waals surface area contributed by atoms with Crippen LogP contribution in [0.2, 0.25) is 0 Å². The molecule has 154 valence electrons. The molecule has 0 spiro atoms. The highest BCUT2D eigenvalue weighted by Gasteiger charge is 2.13. The molecule has 0 aliphatic heterocycles. The van der Waals surface area contributed by atoms with E-state index in [1.807, 2.05) is 0 Å². The fourth-order valence-electron chi connectivity index (χ4n) is 2.54. The van der Waals surface area contributed by atoms with Crippen LogP contribution in [0.4, 0.5) is 5.69 Å². The predicted molar refractivity (Wildman–Crippen MR) is 105 cm³/mol. The van der Waals surface area contributed by atoms with Gasteiger partial charge < -0.3 is 24.3 Å². The minimum absolute atomic E-state index is 0.0233. The van der Waals surface area contributed by atoms with E-state index in [9.17, 15) is 14.4 Å². The van der Waals surface area contributed by atoms with Crippen molar-refractivity contribution in [3.8, 4) is 11.5 Å². The molecule has 0 aromatic heterocycles. The predicted octanol–water partition coefficient (Wildman–Crippen LogP) is 2.52. The zero-order chi connectivity index (χ0) is 21.4. The van der Waals surface area contributed by atoms with E-state index < -0.39 is 24.5 Å². The number of hydrogen-bond donors (Lipinski definition) is 1. The Kier molecular flexibility index (Phi) is 7.59. The molecule has 0 atom stereocenters. The second kappa shape index (κ2) is 10.1. The van der Waals surface area contributed by atoms with E-state index in [2.05, 4.69) is 10.1 Å². The summed E-state index contributed by atoms with van der Waals surface area (Å²) in [5.41, 5.74) is 2.16. The van der Waals surface area contributed by atoms with Crippen molar-refractivity contribution < 1.29 is 33.3 Å². The first-order valence-corrected chi connectivity index (χ1v) is 8.73. The average Bonchev–Trinajstić information content (AvgIpc) is 2.73. The summed E-state index contributed by atoms with van der Waals surface area (Å²) >= 11 is 0. The van der Waals surface area contributed by atoms with Gasteiger partial charge in [-0.15, -0.1) is 0 Å². The van der Waals surface area contributed by atoms with E-state index in [1.165, 1.54) is 27.4 Å². The molecule has 0 unspecified atom stereocenters. The van der Waals surface area contributed by atoms with Gasteiger partial charge >= 0.3 is 11.9 Å². The first-order valence-electron chi connectivity index (χ1n) is 8.73. The highest BCUT2D eigenvalue weighted by molar-refractivity contribution is 5.96. The average molecular weight is 401 g/mol. The van der Waals surface area contributed by atoms with Crippen LogP contribution in [0, 0.1) is 6.92 Å². The van der Waals surface area contributed by atoms with Gasteiger partial charge in [0.05, 0.1) is 33.3 Å². The van der Waals surface area contributed by atoms with Gasteiger partial charge in [0.15, 0.2) is 18.1 Å². The maximum atomic E-state index is 12.1. The minimum Gasteiger partial charge on any atom is -0.493 e. The Balaban J connectivity index is 1.92. The Bertz CT molecular complexity index is 908. The first-order chi connectivity index (χ1) is 13.9. The summed E-state index contributed by atoms with van der Waals surface area (Å²) in [4.78, 5) is 35.8. The Morgan fingerprint density at radius 3 is 2.31 bits per heavy atom. The van der Waals surface area contributed by atoms with Crippen molar-refractivity contribution in [1.82, 2.24) is 0 Å². The van der Waals surface area contributed by atoms with Gasteiger partial charge in [-0.1, -0.05) is 12.1 Å². The van der Waals surface area contributed by atoms with Gasteiger partial charge in [-0.25, -0.2) is 4.79 Å². The summed E-state index contributed by atoms with van der Waals surface area (Å²) in [6, 6.07) is 9.85. The highest BCUT2D eigenvalue weighted by atomic mass is 16.5. The number of anilines is 1. The summed E-state index contributed by atoms with van der Waals surface area (Å²) in [7, 11) is 4.30. The number of benzene rings is 2. The third kappa shape index (κ3) is 5.97. The van der Waals surface area contributed by atoms with E-state index in [-0.39, 0.29) is 6.42 Å². The molecule has 0 fully saturated rings. The molecule has 0 saturated carbocycles. The lowest BCUT2D eigenvalue weighted by Crippen LogP contribution is -2.22. The molecule has 29 heavy (non-hydrogen) atoms. The molecule has 1 amide bonds. The van der Waals surface area contributed by atoms with E-state index >= 15 is 0 Å². The van der Waals surface area contributed by atoms with E-state index in [0.717, 1.165) is 5.56 Å². The number of rotatable bonds is 8. The summed E-state index contributed by atoms with van der Waals surface area (Å²) in [6.07, 6.45) is -0.0233. The van der Waals surface area contributed by atoms with Crippen LogP contribution in [0.15, 0.2) is 36.4 Å². The molecule has 2 aromatic rings. The maximum absolute atomic E-state index is 12.1. The van der Waals surface area contributed by atoms with Crippen LogP contribution in [-0.4, -0.2) is 45.8 Å². The molecule has 8 nitrogen and oxygen atoms in total. The number of nitrogens with one attached hydrogen (secondary N) is 1. The standard InChI is InChI=1S/C21H23NO7/c1-13-5-7-15(21(25)28-4)11-16(13)22-19(23)12-29-20(24)10-14-6-8-17(26-2)18(9-14)27-3/h5-9,11H,10,12H2,1-4H3,(H,22,23). The molecule has 2 aromatic carbocycles. The number of methoxy groups -OCH3 is 3. The Hall–Kier alpha value is -3.55. The minimum atomic E-state index is -0.563. The number of amides is 1. The molecular weight excluding hydrogens is 378 g/mol. The maximum Gasteiger partial charge on any atom is 0.337 e. The quantitative estimate of drug-likeness (QED) is 0.679. The lowest BCUT2D eigenvalue weighted by molar-refractivity contribution is -0.146. The van der Waals surface area contributed by atoms with Crippen molar-refractivity contribution >= 4 is 23.5 Å². The van der Waals surface area contributed by atoms with Gasteiger partial charge in [0, 0.05) is 5.69 Å². The number of esters is 2. The van der Waals surface area contributed by atoms with Crippen LogP contribution in [0.5, 0.6) is 11.5 Å². The summed E-state index contributed by atoms with van der Waals surface area (Å²) in [6.45, 7) is 1.33. The third-order valence-electron chi connectivity index (χ3n) is 4.09. The number of carbonyl (C=O) groups excluding carboxylic acids is 3. The van der Waals surface area contributed by atoms with Crippen molar-refractivity contribution in [2.45, 2.75) is 13.3 Å². The summed E-state index contributed by atoms with van der Waals surface area (Å²) in [5.74, 6) is -0.546. The zero-order valence-electron chi connectivity index (χ0n) is 16.7. The van der Waals surface area contributed by atoms with Crippen molar-refractivity contribution in [2.75, 3.05) is 33.3 Å². The fourth-order valence-corrected chi connectivity index (χ4v) is 2.54. The van der Waals surface area contributed by atoms with Crippen LogP contribution >= 0.6 is 0 Å². The number of carbonyl (C=O) groups is 3. The van der Waals surface area contributed by atoms with Crippen LogP contribution < -0.4 is 14.8 Å². The van der Waals surface area contributed by atoms with Crippen LogP contribution in [0.3, 0.4) is 0 Å². The lowest BCUT2D eigenvalue weighted by Gasteiger charge is -2.11. The van der Waals surface area contributed by atoms with Gasteiger partial charge in [-0.3, -0.25) is 9.59 Å². The molecule has 0 aliphatic carbocycles. The topological polar surface area (TPSA) is 100 Å². The number of aryl methyl sites for hydroxylation is 1. The van der Waals surface area contributed by atoms with Gasteiger partial charge in [-0.05, 0) is 42.3 Å². The lowest BCUT2D eigenvalue weighted by atomic mass is 10.1. The normalized spacial score (nSPS) is 10.1. The molecule has 2 rings (SSSR count). The van der Waals surface area contributed by atoms with Gasteiger partial charge in [0.25, 0.3) is 5.91 Å². The molecule has 8 heteroatoms. The highest BCUT2D eigenvalue weighted by Crippen LogP contribution is 2.27. The van der Waals surface area contributed by atoms with E-state index in [1.54, 1.807) is 37.3 Å². The van der Waals surface area contributed by atoms with Gasteiger partial charge in [0.2, 0.25) is 0 Å². The molecule has 0 saturated heterocycles. The Labute approximate surface area is 168 Å². The second-order valence-corrected chi connectivity index (χ2v) is 6.10. The van der Waals surface area contributed by atoms with Gasteiger partial charge in [-0.2, -0.15) is 0 Å². The molecule has 1 N–H and O–H groups in total. The summed E-state index contributed by atoms with van der Waals surface area (Å²) < 4.78 is 20.0. The van der Waals surface area contributed by atoms with Crippen molar-refractivity contribution in [1.29, 1.82) is 0 Å². The monoisotopic (exact) mass is 401 g/mol. The van der Waals surface area contributed by atoms with Crippen LogP contribution in [0.1, 0.15) is 21.5 Å². The number of ether oxygens (including phenoxy) is 4. The number of hydrogen-bond acceptors (Lipinski definition) is 7. The molecular formula is C21H23NO7. The molecule has 0 heterocycles. The first kappa shape index (κ1) is 21.7. The van der Waals surface area contributed by atoms with E-state index in [4.69, 9.17) is 14.2 Å². The van der Waals surface area contributed by atoms with Crippen molar-refractivity contribution in [3.63, 3.8) is 0 Å². The summed E-state index contributed by atoms with van der Waals surface area (Å²) in [5, 5.41) is 2.62. The van der Waals surface area contributed by atoms with Crippen LogP contribution in [-0.2, 0) is 25.5 Å². The molecule has 0 aliphatic rings. The third-order valence-corrected chi connectivity index (χ3v) is 4.09. The van der Waals surface area contributed by atoms with Crippen molar-refractivity contribution in [3.05, 3.63) is 53.1 Å². The molecule has 0 bridgehead atoms. The molecule has 0 radical (unpaired) electrons. The smallest absolute Gasteiger partial charge is 0.337 e. The van der Waals surface area contributed by atoms with E-state index in [0.29, 0.717) is 28.3 Å². The van der Waals surface area contributed by atoms with Crippen LogP contribution in [0.25, 0.3) is 0 Å². The van der Waals surface area contributed by atoms with Crippen molar-refractivity contribution in [2.24, 2.45) is 0 Å². The van der Waals surface area contributed by atoms with Gasteiger partial charge in [0.1, 0.15) is 0 Å².